The average Bonchev–Trinajstić information content (AvgIpc) is 3.10. The zero-order valence-corrected chi connectivity index (χ0v) is 19.7. The summed E-state index contributed by atoms with van der Waals surface area (Å²) in [5.74, 6) is -1.52. The van der Waals surface area contributed by atoms with Crippen molar-refractivity contribution < 1.29 is 24.5 Å². The van der Waals surface area contributed by atoms with E-state index in [1.54, 1.807) is 54.6 Å². The van der Waals surface area contributed by atoms with Gasteiger partial charge in [0.25, 0.3) is 11.7 Å². The van der Waals surface area contributed by atoms with Crippen molar-refractivity contribution in [3.05, 3.63) is 93.5 Å². The summed E-state index contributed by atoms with van der Waals surface area (Å²) >= 11 is 12.3. The zero-order chi connectivity index (χ0) is 24.4. The van der Waals surface area contributed by atoms with Gasteiger partial charge in [0, 0.05) is 16.3 Å². The third-order valence-corrected chi connectivity index (χ3v) is 5.96. The molecule has 3 aromatic carbocycles. The van der Waals surface area contributed by atoms with E-state index in [0.29, 0.717) is 34.2 Å². The van der Waals surface area contributed by atoms with E-state index in [2.05, 4.69) is 0 Å². The van der Waals surface area contributed by atoms with Crippen LogP contribution in [-0.2, 0) is 9.59 Å². The molecule has 34 heavy (non-hydrogen) atoms. The lowest BCUT2D eigenvalue weighted by atomic mass is 9.95. The van der Waals surface area contributed by atoms with Crippen molar-refractivity contribution in [2.45, 2.75) is 19.4 Å². The minimum absolute atomic E-state index is 0.0478. The summed E-state index contributed by atoms with van der Waals surface area (Å²) < 4.78 is 5.58. The van der Waals surface area contributed by atoms with Crippen LogP contribution >= 0.6 is 23.2 Å². The Balaban J connectivity index is 1.87. The van der Waals surface area contributed by atoms with Gasteiger partial charge in [0.1, 0.15) is 17.3 Å². The minimum atomic E-state index is -0.993. The lowest BCUT2D eigenvalue weighted by Crippen LogP contribution is -2.29. The Bertz CT molecular complexity index is 1290. The van der Waals surface area contributed by atoms with Crippen LogP contribution in [-0.4, -0.2) is 28.5 Å². The predicted molar refractivity (Wildman–Crippen MR) is 132 cm³/mol. The van der Waals surface area contributed by atoms with Crippen LogP contribution in [0.2, 0.25) is 10.0 Å². The molecule has 0 aliphatic carbocycles. The van der Waals surface area contributed by atoms with Gasteiger partial charge in [-0.05, 0) is 66.6 Å². The molecule has 0 radical (unpaired) electrons. The summed E-state index contributed by atoms with van der Waals surface area (Å²) in [5.41, 5.74) is 1.06. The van der Waals surface area contributed by atoms with Gasteiger partial charge in [-0.25, -0.2) is 0 Å². The highest BCUT2D eigenvalue weighted by Gasteiger charge is 2.47. The van der Waals surface area contributed by atoms with Crippen molar-refractivity contribution in [3.8, 4) is 11.5 Å². The number of phenolic OH excluding ortho intramolecular Hbond substituents is 1. The predicted octanol–water partition coefficient (Wildman–Crippen LogP) is 6.11. The second-order valence-electron chi connectivity index (χ2n) is 7.73. The van der Waals surface area contributed by atoms with Gasteiger partial charge < -0.3 is 14.9 Å². The number of carbonyl (C=O) groups is 2. The first-order chi connectivity index (χ1) is 16.3. The highest BCUT2D eigenvalue weighted by Crippen LogP contribution is 2.44. The van der Waals surface area contributed by atoms with E-state index in [1.165, 1.54) is 17.0 Å². The van der Waals surface area contributed by atoms with Crippen LogP contribution < -0.4 is 9.64 Å². The molecular formula is C26H21Cl2NO5. The van der Waals surface area contributed by atoms with Crippen LogP contribution in [0.1, 0.15) is 30.5 Å². The molecule has 6 nitrogen and oxygen atoms in total. The van der Waals surface area contributed by atoms with E-state index >= 15 is 0 Å². The lowest BCUT2D eigenvalue weighted by molar-refractivity contribution is -0.132. The van der Waals surface area contributed by atoms with Crippen molar-refractivity contribution >= 4 is 46.3 Å². The topological polar surface area (TPSA) is 87.1 Å². The molecule has 0 spiro atoms. The molecule has 1 amide bonds. The van der Waals surface area contributed by atoms with Gasteiger partial charge in [0.2, 0.25) is 0 Å². The number of phenols is 1. The maximum Gasteiger partial charge on any atom is 0.300 e. The fourth-order valence-corrected chi connectivity index (χ4v) is 4.19. The van der Waals surface area contributed by atoms with Gasteiger partial charge >= 0.3 is 0 Å². The molecule has 1 atom stereocenters. The normalized spacial score (nSPS) is 17.3. The van der Waals surface area contributed by atoms with E-state index in [4.69, 9.17) is 27.9 Å². The van der Waals surface area contributed by atoms with Crippen LogP contribution in [0.15, 0.2) is 72.3 Å². The number of nitrogens with zero attached hydrogens (tertiary/aromatic N) is 1. The number of aliphatic hydroxyl groups excluding tert-OH is 1. The van der Waals surface area contributed by atoms with Crippen molar-refractivity contribution in [2.75, 3.05) is 11.5 Å². The maximum atomic E-state index is 13.2. The van der Waals surface area contributed by atoms with Crippen molar-refractivity contribution in [1.82, 2.24) is 0 Å². The first-order valence-corrected chi connectivity index (χ1v) is 11.4. The number of benzene rings is 3. The molecule has 1 aliphatic heterocycles. The fraction of sp³-hybridized carbons (Fsp3) is 0.154. The van der Waals surface area contributed by atoms with Crippen LogP contribution in [0.5, 0.6) is 11.5 Å². The quantitative estimate of drug-likeness (QED) is 0.243. The van der Waals surface area contributed by atoms with E-state index in [-0.39, 0.29) is 22.1 Å². The Labute approximate surface area is 206 Å². The van der Waals surface area contributed by atoms with Crippen LogP contribution in [0, 0.1) is 0 Å². The van der Waals surface area contributed by atoms with E-state index in [1.807, 2.05) is 6.92 Å². The van der Waals surface area contributed by atoms with Crippen LogP contribution in [0.4, 0.5) is 5.69 Å². The second-order valence-corrected chi connectivity index (χ2v) is 8.58. The molecule has 0 aromatic heterocycles. The van der Waals surface area contributed by atoms with Gasteiger partial charge in [-0.3, -0.25) is 14.5 Å². The molecular weight excluding hydrogens is 477 g/mol. The standard InChI is InChI=1S/C26H21Cl2NO5/c1-2-12-34-19-9-6-15(7-10-19)24(31)22-23(16-8-11-21(30)20(28)13-16)29(26(33)25(22)32)18-5-3-4-17(27)14-18/h3-11,13-14,23,30-31H,2,12H2,1H3/b24-22-. The number of anilines is 1. The Morgan fingerprint density at radius 3 is 2.41 bits per heavy atom. The number of hydrogen-bond acceptors (Lipinski definition) is 5. The minimum Gasteiger partial charge on any atom is -0.507 e. The molecule has 1 saturated heterocycles. The number of amides is 1. The SMILES string of the molecule is CCCOc1ccc(/C(O)=C2/C(=O)C(=O)N(c3cccc(Cl)c3)C2c2ccc(O)c(Cl)c2)cc1. The first-order valence-electron chi connectivity index (χ1n) is 10.6. The number of rotatable bonds is 6. The molecule has 0 saturated carbocycles. The largest absolute Gasteiger partial charge is 0.507 e. The number of Topliss-reactive ketones (excluding diaryl/α,β-unsaturated/α-hetero) is 1. The first kappa shape index (κ1) is 23.7. The number of ether oxygens (including phenoxy) is 1. The van der Waals surface area contributed by atoms with Gasteiger partial charge in [-0.15, -0.1) is 0 Å². The molecule has 1 aliphatic rings. The number of hydrogen-bond donors (Lipinski definition) is 2. The van der Waals surface area contributed by atoms with E-state index < -0.39 is 17.7 Å². The molecule has 1 heterocycles. The Hall–Kier alpha value is -3.48. The Kier molecular flexibility index (Phi) is 6.82. The molecule has 2 N–H and O–H groups in total. The fourth-order valence-electron chi connectivity index (χ4n) is 3.82. The van der Waals surface area contributed by atoms with E-state index in [9.17, 15) is 19.8 Å². The van der Waals surface area contributed by atoms with Crippen molar-refractivity contribution in [2.24, 2.45) is 0 Å². The molecule has 4 rings (SSSR count). The van der Waals surface area contributed by atoms with Gasteiger partial charge in [-0.2, -0.15) is 0 Å². The lowest BCUT2D eigenvalue weighted by Gasteiger charge is -2.25. The number of ketones is 1. The third kappa shape index (κ3) is 4.47. The summed E-state index contributed by atoms with van der Waals surface area (Å²) in [7, 11) is 0. The van der Waals surface area contributed by atoms with Crippen LogP contribution in [0.3, 0.4) is 0 Å². The molecule has 8 heteroatoms. The molecule has 0 bridgehead atoms. The highest BCUT2D eigenvalue weighted by molar-refractivity contribution is 6.52. The third-order valence-electron chi connectivity index (χ3n) is 5.42. The number of carbonyl (C=O) groups excluding carboxylic acids is 2. The van der Waals surface area contributed by atoms with Crippen LogP contribution in [0.25, 0.3) is 5.76 Å². The van der Waals surface area contributed by atoms with E-state index in [0.717, 1.165) is 6.42 Å². The summed E-state index contributed by atoms with van der Waals surface area (Å²) in [4.78, 5) is 27.6. The van der Waals surface area contributed by atoms with Gasteiger partial charge in [0.15, 0.2) is 0 Å². The van der Waals surface area contributed by atoms with Gasteiger partial charge in [0.05, 0.1) is 23.2 Å². The Morgan fingerprint density at radius 2 is 1.76 bits per heavy atom. The number of halogens is 2. The summed E-state index contributed by atoms with van der Waals surface area (Å²) in [6.45, 7) is 2.55. The number of aliphatic hydroxyl groups is 1. The molecule has 1 unspecified atom stereocenters. The second kappa shape index (κ2) is 9.79. The monoisotopic (exact) mass is 497 g/mol. The van der Waals surface area contributed by atoms with Crippen molar-refractivity contribution in [3.63, 3.8) is 0 Å². The summed E-state index contributed by atoms with van der Waals surface area (Å²) in [6, 6.07) is 16.5. The molecule has 1 fully saturated rings. The molecule has 3 aromatic rings. The Morgan fingerprint density at radius 1 is 1.03 bits per heavy atom. The summed E-state index contributed by atoms with van der Waals surface area (Å²) in [6.07, 6.45) is 0.851. The zero-order valence-electron chi connectivity index (χ0n) is 18.2. The maximum absolute atomic E-state index is 13.2. The highest BCUT2D eigenvalue weighted by atomic mass is 35.5. The number of aromatic hydroxyl groups is 1. The smallest absolute Gasteiger partial charge is 0.300 e. The van der Waals surface area contributed by atoms with Gasteiger partial charge in [-0.1, -0.05) is 42.3 Å². The van der Waals surface area contributed by atoms with Crippen molar-refractivity contribution in [1.29, 1.82) is 0 Å². The average molecular weight is 498 g/mol. The molecule has 174 valence electrons. The summed E-state index contributed by atoms with van der Waals surface area (Å²) in [5, 5.41) is 21.5.